The van der Waals surface area contributed by atoms with Crippen molar-refractivity contribution in [3.05, 3.63) is 42.0 Å². The summed E-state index contributed by atoms with van der Waals surface area (Å²) in [6.07, 6.45) is -0.234. The van der Waals surface area contributed by atoms with Crippen molar-refractivity contribution in [1.82, 2.24) is 0 Å². The Morgan fingerprint density at radius 3 is 2.47 bits per heavy atom. The number of benzene rings is 2. The number of carbonyl (C=O) groups excluding carboxylic acids is 1. The number of fused-ring (bicyclic) bond motifs is 1. The summed E-state index contributed by atoms with van der Waals surface area (Å²) >= 11 is 0. The molecular weight excluding hydrogens is 244 g/mol. The van der Waals surface area contributed by atoms with Gasteiger partial charge in [0.05, 0.1) is 7.11 Å². The van der Waals surface area contributed by atoms with Crippen molar-refractivity contribution in [2.45, 2.75) is 12.5 Å². The molecule has 19 heavy (non-hydrogen) atoms. The molecule has 2 aromatic rings. The lowest BCUT2D eigenvalue weighted by molar-refractivity contribution is -0.152. The highest BCUT2D eigenvalue weighted by Gasteiger charge is 2.20. The van der Waals surface area contributed by atoms with Gasteiger partial charge in [-0.15, -0.1) is 0 Å². The average Bonchev–Trinajstić information content (AvgIpc) is 2.46. The van der Waals surface area contributed by atoms with Gasteiger partial charge in [0, 0.05) is 18.9 Å². The van der Waals surface area contributed by atoms with Crippen LogP contribution in [-0.4, -0.2) is 31.4 Å². The summed E-state index contributed by atoms with van der Waals surface area (Å²) in [4.78, 5) is 11.6. The first kappa shape index (κ1) is 13.4. The highest BCUT2D eigenvalue weighted by molar-refractivity contribution is 5.91. The predicted molar refractivity (Wildman–Crippen MR) is 72.1 cm³/mol. The quantitative estimate of drug-likeness (QED) is 0.857. The molecule has 0 aliphatic heterocycles. The molecule has 0 bridgehead atoms. The minimum absolute atomic E-state index is 0.228. The smallest absolute Gasteiger partial charge is 0.335 e. The van der Waals surface area contributed by atoms with Crippen LogP contribution in [0.4, 0.5) is 0 Å². The second-order valence-electron chi connectivity index (χ2n) is 4.24. The number of aromatic hydroxyl groups is 1. The number of hydrogen-bond donors (Lipinski definition) is 1. The molecule has 0 fully saturated rings. The van der Waals surface area contributed by atoms with E-state index in [4.69, 9.17) is 9.47 Å². The Kier molecular flexibility index (Phi) is 4.02. The first-order chi connectivity index (χ1) is 9.17. The average molecular weight is 260 g/mol. The maximum absolute atomic E-state index is 11.6. The summed E-state index contributed by atoms with van der Waals surface area (Å²) in [5.41, 5.74) is 0.936. The Bertz CT molecular complexity index is 592. The molecule has 4 heteroatoms. The van der Waals surface area contributed by atoms with E-state index in [2.05, 4.69) is 0 Å². The highest BCUT2D eigenvalue weighted by Crippen LogP contribution is 2.28. The third-order valence-electron chi connectivity index (χ3n) is 3.15. The number of hydrogen-bond acceptors (Lipinski definition) is 4. The molecule has 2 rings (SSSR count). The molecule has 0 heterocycles. The molecule has 2 aromatic carbocycles. The first-order valence-electron chi connectivity index (χ1n) is 5.97. The van der Waals surface area contributed by atoms with Crippen molar-refractivity contribution in [2.75, 3.05) is 14.2 Å². The second-order valence-corrected chi connectivity index (χ2v) is 4.24. The zero-order valence-electron chi connectivity index (χ0n) is 10.9. The molecule has 0 saturated heterocycles. The molecule has 0 aromatic heterocycles. The largest absolute Gasteiger partial charge is 0.507 e. The molecule has 0 aliphatic carbocycles. The van der Waals surface area contributed by atoms with Crippen molar-refractivity contribution in [1.29, 1.82) is 0 Å². The van der Waals surface area contributed by atoms with E-state index >= 15 is 0 Å². The van der Waals surface area contributed by atoms with Crippen molar-refractivity contribution < 1.29 is 19.4 Å². The van der Waals surface area contributed by atoms with Crippen molar-refractivity contribution in [3.8, 4) is 5.75 Å². The van der Waals surface area contributed by atoms with Gasteiger partial charge in [0.15, 0.2) is 6.10 Å². The van der Waals surface area contributed by atoms with Gasteiger partial charge in [0.2, 0.25) is 0 Å². The van der Waals surface area contributed by atoms with E-state index in [1.165, 1.54) is 14.2 Å². The van der Waals surface area contributed by atoms with Crippen LogP contribution in [0.15, 0.2) is 36.4 Å². The Morgan fingerprint density at radius 1 is 1.16 bits per heavy atom. The van der Waals surface area contributed by atoms with E-state index in [9.17, 15) is 9.90 Å². The summed E-state index contributed by atoms with van der Waals surface area (Å²) < 4.78 is 9.85. The van der Waals surface area contributed by atoms with E-state index in [-0.39, 0.29) is 5.75 Å². The number of esters is 1. The lowest BCUT2D eigenvalue weighted by Gasteiger charge is -2.14. The summed E-state index contributed by atoms with van der Waals surface area (Å²) in [5.74, 6) is -0.175. The molecule has 1 unspecified atom stereocenters. The van der Waals surface area contributed by atoms with Crippen molar-refractivity contribution in [2.24, 2.45) is 0 Å². The SMILES string of the molecule is COC(=O)C(Cc1ccc(O)c2ccccc12)OC. The van der Waals surface area contributed by atoms with Crippen LogP contribution >= 0.6 is 0 Å². The molecule has 1 atom stereocenters. The van der Waals surface area contributed by atoms with Gasteiger partial charge in [-0.05, 0) is 17.0 Å². The van der Waals surface area contributed by atoms with Crippen LogP contribution in [-0.2, 0) is 20.7 Å². The maximum Gasteiger partial charge on any atom is 0.335 e. The fourth-order valence-corrected chi connectivity index (χ4v) is 2.12. The van der Waals surface area contributed by atoms with Gasteiger partial charge in [-0.3, -0.25) is 0 Å². The number of methoxy groups -OCH3 is 2. The number of phenols is 1. The third-order valence-corrected chi connectivity index (χ3v) is 3.15. The molecule has 0 radical (unpaired) electrons. The van der Waals surface area contributed by atoms with E-state index in [1.54, 1.807) is 12.1 Å². The van der Waals surface area contributed by atoms with Crippen LogP contribution in [0.1, 0.15) is 5.56 Å². The number of phenolic OH excluding ortho intramolecular Hbond substituents is 1. The fourth-order valence-electron chi connectivity index (χ4n) is 2.12. The highest BCUT2D eigenvalue weighted by atomic mass is 16.6. The lowest BCUT2D eigenvalue weighted by atomic mass is 9.99. The zero-order valence-corrected chi connectivity index (χ0v) is 10.9. The Hall–Kier alpha value is -2.07. The van der Waals surface area contributed by atoms with Gasteiger partial charge < -0.3 is 14.6 Å². The van der Waals surface area contributed by atoms with Gasteiger partial charge in [0.1, 0.15) is 5.75 Å². The molecular formula is C15H16O4. The van der Waals surface area contributed by atoms with Crippen LogP contribution in [0.2, 0.25) is 0 Å². The standard InChI is InChI=1S/C15H16O4/c1-18-14(15(17)19-2)9-10-7-8-13(16)12-6-4-3-5-11(10)12/h3-8,14,16H,9H2,1-2H3. The van der Waals surface area contributed by atoms with E-state index in [1.807, 2.05) is 24.3 Å². The molecule has 4 nitrogen and oxygen atoms in total. The van der Waals surface area contributed by atoms with Crippen molar-refractivity contribution in [3.63, 3.8) is 0 Å². The molecule has 100 valence electrons. The molecule has 1 N–H and O–H groups in total. The van der Waals surface area contributed by atoms with Gasteiger partial charge in [-0.1, -0.05) is 30.3 Å². The molecule has 0 saturated carbocycles. The normalized spacial score (nSPS) is 12.3. The Labute approximate surface area is 111 Å². The zero-order chi connectivity index (χ0) is 13.8. The summed E-state index contributed by atoms with van der Waals surface area (Å²) in [7, 11) is 2.81. The first-order valence-corrected chi connectivity index (χ1v) is 5.97. The lowest BCUT2D eigenvalue weighted by Crippen LogP contribution is -2.26. The predicted octanol–water partition coefficient (Wildman–Crippen LogP) is 2.28. The maximum atomic E-state index is 11.6. The molecule has 0 aliphatic rings. The summed E-state index contributed by atoms with van der Waals surface area (Å²) in [5, 5.41) is 11.5. The minimum Gasteiger partial charge on any atom is -0.507 e. The molecule has 0 amide bonds. The topological polar surface area (TPSA) is 55.8 Å². The Balaban J connectivity index is 2.40. The van der Waals surface area contributed by atoms with Crippen LogP contribution < -0.4 is 0 Å². The summed E-state index contributed by atoms with van der Waals surface area (Å²) in [6.45, 7) is 0. The van der Waals surface area contributed by atoms with Crippen molar-refractivity contribution >= 4 is 16.7 Å². The van der Waals surface area contributed by atoms with Gasteiger partial charge in [0.25, 0.3) is 0 Å². The van der Waals surface area contributed by atoms with Crippen LogP contribution in [0.25, 0.3) is 10.8 Å². The Morgan fingerprint density at radius 2 is 1.84 bits per heavy atom. The van der Waals surface area contributed by atoms with Crippen LogP contribution in [0, 0.1) is 0 Å². The monoisotopic (exact) mass is 260 g/mol. The summed E-state index contributed by atoms with van der Waals surface area (Å²) in [6, 6.07) is 10.9. The van der Waals surface area contributed by atoms with E-state index in [0.29, 0.717) is 6.42 Å². The number of rotatable bonds is 4. The number of ether oxygens (including phenoxy) is 2. The van der Waals surface area contributed by atoms with Crippen LogP contribution in [0.3, 0.4) is 0 Å². The van der Waals surface area contributed by atoms with E-state index in [0.717, 1.165) is 16.3 Å². The van der Waals surface area contributed by atoms with E-state index < -0.39 is 12.1 Å². The van der Waals surface area contributed by atoms with Gasteiger partial charge in [-0.2, -0.15) is 0 Å². The van der Waals surface area contributed by atoms with Crippen LogP contribution in [0.5, 0.6) is 5.75 Å². The second kappa shape index (κ2) is 5.71. The number of carbonyl (C=O) groups is 1. The molecule has 0 spiro atoms. The fraction of sp³-hybridized carbons (Fsp3) is 0.267. The third kappa shape index (κ3) is 2.69. The van der Waals surface area contributed by atoms with Gasteiger partial charge >= 0.3 is 5.97 Å². The minimum atomic E-state index is -0.641. The van der Waals surface area contributed by atoms with Gasteiger partial charge in [-0.25, -0.2) is 4.79 Å².